The number of non-ortho nitro benzene ring substituents is 1. The fourth-order valence-corrected chi connectivity index (χ4v) is 4.30. The monoisotopic (exact) mass is 471 g/mol. The molecule has 0 bridgehead atoms. The molecule has 0 aliphatic carbocycles. The van der Waals surface area contributed by atoms with Crippen molar-refractivity contribution in [2.24, 2.45) is 0 Å². The van der Waals surface area contributed by atoms with Crippen LogP contribution in [-0.4, -0.2) is 39.0 Å². The Morgan fingerprint density at radius 2 is 1.79 bits per heavy atom. The minimum absolute atomic E-state index is 0.0415. The second-order valence-corrected chi connectivity index (χ2v) is 10.1. The van der Waals surface area contributed by atoms with E-state index in [2.05, 4.69) is 5.32 Å². The number of amides is 2. The van der Waals surface area contributed by atoms with Crippen LogP contribution in [0.25, 0.3) is 0 Å². The van der Waals surface area contributed by atoms with Gasteiger partial charge in [0.2, 0.25) is 11.8 Å². The molecule has 0 unspecified atom stereocenters. The van der Waals surface area contributed by atoms with Crippen LogP contribution in [0.15, 0.2) is 48.5 Å². The number of rotatable bonds is 10. The van der Waals surface area contributed by atoms with Gasteiger partial charge in [-0.15, -0.1) is 11.8 Å². The van der Waals surface area contributed by atoms with Crippen molar-refractivity contribution < 1.29 is 14.5 Å². The molecule has 33 heavy (non-hydrogen) atoms. The largest absolute Gasteiger partial charge is 0.350 e. The highest BCUT2D eigenvalue weighted by Gasteiger charge is 2.30. The van der Waals surface area contributed by atoms with Crippen LogP contribution in [0.3, 0.4) is 0 Å². The maximum atomic E-state index is 13.3. The Kier molecular flexibility index (Phi) is 9.46. The lowest BCUT2D eigenvalue weighted by Gasteiger charge is -2.33. The van der Waals surface area contributed by atoms with E-state index in [4.69, 9.17) is 0 Å². The molecule has 0 aromatic heterocycles. The van der Waals surface area contributed by atoms with Gasteiger partial charge in [-0.1, -0.05) is 48.9 Å². The van der Waals surface area contributed by atoms with Gasteiger partial charge in [-0.25, -0.2) is 0 Å². The smallest absolute Gasteiger partial charge is 0.269 e. The summed E-state index contributed by atoms with van der Waals surface area (Å²) in [7, 11) is 0. The Morgan fingerprint density at radius 1 is 1.12 bits per heavy atom. The van der Waals surface area contributed by atoms with E-state index in [1.54, 1.807) is 17.0 Å². The number of nitro benzene ring substituents is 1. The van der Waals surface area contributed by atoms with Crippen molar-refractivity contribution in [3.8, 4) is 0 Å². The van der Waals surface area contributed by atoms with Crippen molar-refractivity contribution in [3.05, 3.63) is 75.3 Å². The van der Waals surface area contributed by atoms with Gasteiger partial charge in [-0.3, -0.25) is 19.7 Å². The van der Waals surface area contributed by atoms with Crippen LogP contribution in [0.2, 0.25) is 0 Å². The molecule has 8 heteroatoms. The summed E-state index contributed by atoms with van der Waals surface area (Å²) in [4.78, 5) is 38.3. The van der Waals surface area contributed by atoms with Crippen molar-refractivity contribution in [2.45, 2.75) is 64.9 Å². The molecule has 0 spiro atoms. The molecule has 2 aromatic carbocycles. The molecule has 2 amide bonds. The highest BCUT2D eigenvalue weighted by atomic mass is 32.2. The predicted molar refractivity (Wildman–Crippen MR) is 133 cm³/mol. The molecule has 178 valence electrons. The summed E-state index contributed by atoms with van der Waals surface area (Å²) in [6.45, 7) is 10.0. The summed E-state index contributed by atoms with van der Waals surface area (Å²) in [5.41, 5.74) is 2.62. The average Bonchev–Trinajstić information content (AvgIpc) is 2.72. The van der Waals surface area contributed by atoms with E-state index < -0.39 is 16.5 Å². The molecule has 1 N–H and O–H groups in total. The fourth-order valence-electron chi connectivity index (χ4n) is 3.43. The van der Waals surface area contributed by atoms with Gasteiger partial charge in [0, 0.05) is 30.0 Å². The third kappa shape index (κ3) is 8.53. The lowest BCUT2D eigenvalue weighted by Crippen LogP contribution is -2.53. The topological polar surface area (TPSA) is 92.6 Å². The van der Waals surface area contributed by atoms with Crippen LogP contribution in [0, 0.1) is 17.0 Å². The van der Waals surface area contributed by atoms with Gasteiger partial charge in [0.25, 0.3) is 5.69 Å². The molecule has 0 saturated carbocycles. The van der Waals surface area contributed by atoms with E-state index in [-0.39, 0.29) is 23.3 Å². The summed E-state index contributed by atoms with van der Waals surface area (Å²) in [5, 5.41) is 13.8. The van der Waals surface area contributed by atoms with Crippen LogP contribution < -0.4 is 5.32 Å². The van der Waals surface area contributed by atoms with E-state index in [0.717, 1.165) is 16.7 Å². The number of carbonyl (C=O) groups excluding carboxylic acids is 2. The van der Waals surface area contributed by atoms with Crippen molar-refractivity contribution in [1.29, 1.82) is 0 Å². The Bertz CT molecular complexity index is 970. The van der Waals surface area contributed by atoms with Crippen LogP contribution in [-0.2, 0) is 21.9 Å². The van der Waals surface area contributed by atoms with E-state index in [9.17, 15) is 19.7 Å². The molecule has 0 fully saturated rings. The van der Waals surface area contributed by atoms with Gasteiger partial charge in [0.1, 0.15) is 6.04 Å². The molecule has 7 nitrogen and oxygen atoms in total. The number of hydrogen-bond donors (Lipinski definition) is 1. The molecular weight excluding hydrogens is 438 g/mol. The summed E-state index contributed by atoms with van der Waals surface area (Å²) >= 11 is 1.43. The zero-order valence-corrected chi connectivity index (χ0v) is 20.8. The molecule has 1 atom stereocenters. The second kappa shape index (κ2) is 11.8. The number of benzene rings is 2. The third-order valence-electron chi connectivity index (χ3n) is 4.96. The molecule has 0 radical (unpaired) electrons. The van der Waals surface area contributed by atoms with Crippen molar-refractivity contribution in [2.75, 3.05) is 5.75 Å². The first-order chi connectivity index (χ1) is 15.5. The number of nitro groups is 1. The fraction of sp³-hybridized carbons (Fsp3) is 0.440. The van der Waals surface area contributed by atoms with Gasteiger partial charge in [0.05, 0.1) is 10.7 Å². The molecular formula is C25H33N3O4S. The Balaban J connectivity index is 2.14. The van der Waals surface area contributed by atoms with E-state index in [1.807, 2.05) is 58.9 Å². The molecule has 0 aliphatic rings. The van der Waals surface area contributed by atoms with E-state index in [1.165, 1.54) is 23.9 Å². The zero-order chi connectivity index (χ0) is 24.6. The van der Waals surface area contributed by atoms with Crippen molar-refractivity contribution in [1.82, 2.24) is 10.2 Å². The maximum Gasteiger partial charge on any atom is 0.269 e. The van der Waals surface area contributed by atoms with Gasteiger partial charge >= 0.3 is 0 Å². The maximum absolute atomic E-state index is 13.3. The predicted octanol–water partition coefficient (Wildman–Crippen LogP) is 4.86. The number of nitrogens with zero attached hydrogens (tertiary/aromatic N) is 2. The standard InChI is InChI=1S/C25H33N3O4S/c1-6-22(24(30)26-25(3,4)5)27(15-20-9-7-8-18(2)14-20)23(29)17-33-16-19-10-12-21(13-11-19)28(31)32/h7-14,22H,6,15-17H2,1-5H3,(H,26,30)/t22-/m1/s1. The lowest BCUT2D eigenvalue weighted by atomic mass is 10.1. The van der Waals surface area contributed by atoms with Crippen LogP contribution >= 0.6 is 11.8 Å². The summed E-state index contributed by atoms with van der Waals surface area (Å²) in [6.07, 6.45) is 0.506. The molecule has 0 aliphatic heterocycles. The Hall–Kier alpha value is -2.87. The molecule has 0 saturated heterocycles. The Labute approximate surface area is 200 Å². The third-order valence-corrected chi connectivity index (χ3v) is 5.95. The van der Waals surface area contributed by atoms with Crippen LogP contribution in [0.4, 0.5) is 5.69 Å². The van der Waals surface area contributed by atoms with Gasteiger partial charge in [-0.05, 0) is 45.2 Å². The van der Waals surface area contributed by atoms with E-state index >= 15 is 0 Å². The normalized spacial score (nSPS) is 12.2. The number of hydrogen-bond acceptors (Lipinski definition) is 5. The van der Waals surface area contributed by atoms with Gasteiger partial charge in [0.15, 0.2) is 0 Å². The second-order valence-electron chi connectivity index (χ2n) is 9.09. The Morgan fingerprint density at radius 3 is 2.33 bits per heavy atom. The number of thioether (sulfide) groups is 1. The zero-order valence-electron chi connectivity index (χ0n) is 20.0. The SMILES string of the molecule is CC[C@H](C(=O)NC(C)(C)C)N(Cc1cccc(C)c1)C(=O)CSCc1ccc([N+](=O)[O-])cc1. The summed E-state index contributed by atoms with van der Waals surface area (Å²) in [5.74, 6) is 0.487. The van der Waals surface area contributed by atoms with E-state index in [0.29, 0.717) is 18.7 Å². The van der Waals surface area contributed by atoms with Crippen molar-refractivity contribution >= 4 is 29.3 Å². The first-order valence-corrected chi connectivity index (χ1v) is 12.1. The molecule has 2 rings (SSSR count). The minimum Gasteiger partial charge on any atom is -0.350 e. The average molecular weight is 472 g/mol. The highest BCUT2D eigenvalue weighted by Crippen LogP contribution is 2.20. The van der Waals surface area contributed by atoms with Gasteiger partial charge in [-0.2, -0.15) is 0 Å². The highest BCUT2D eigenvalue weighted by molar-refractivity contribution is 7.99. The number of carbonyl (C=O) groups is 2. The first-order valence-electron chi connectivity index (χ1n) is 11.0. The first kappa shape index (κ1) is 26.4. The van der Waals surface area contributed by atoms with Crippen LogP contribution in [0.1, 0.15) is 50.8 Å². The number of aryl methyl sites for hydroxylation is 1. The molecule has 2 aromatic rings. The van der Waals surface area contributed by atoms with Crippen LogP contribution in [0.5, 0.6) is 0 Å². The minimum atomic E-state index is -0.572. The summed E-state index contributed by atoms with van der Waals surface area (Å²) < 4.78 is 0. The number of nitrogens with one attached hydrogen (secondary N) is 1. The summed E-state index contributed by atoms with van der Waals surface area (Å²) in [6, 6.07) is 13.7. The lowest BCUT2D eigenvalue weighted by molar-refractivity contribution is -0.384. The molecule has 0 heterocycles. The quantitative estimate of drug-likeness (QED) is 0.395. The van der Waals surface area contributed by atoms with Crippen molar-refractivity contribution in [3.63, 3.8) is 0 Å². The van der Waals surface area contributed by atoms with Gasteiger partial charge < -0.3 is 10.2 Å².